The maximum atomic E-state index is 3.83. The first-order chi connectivity index (χ1) is 8.77. The van der Waals surface area contributed by atoms with E-state index in [0.29, 0.717) is 11.5 Å². The van der Waals surface area contributed by atoms with Gasteiger partial charge in [-0.15, -0.1) is 11.8 Å². The van der Waals surface area contributed by atoms with Gasteiger partial charge in [0.15, 0.2) is 0 Å². The van der Waals surface area contributed by atoms with E-state index in [1.807, 2.05) is 11.8 Å². The van der Waals surface area contributed by atoms with E-state index >= 15 is 0 Å². The van der Waals surface area contributed by atoms with E-state index < -0.39 is 0 Å². The van der Waals surface area contributed by atoms with Crippen LogP contribution in [-0.2, 0) is 0 Å². The van der Waals surface area contributed by atoms with Crippen LogP contribution >= 0.6 is 11.8 Å². The van der Waals surface area contributed by atoms with Crippen LogP contribution in [0.5, 0.6) is 0 Å². The van der Waals surface area contributed by atoms with E-state index in [1.165, 1.54) is 54.9 Å². The van der Waals surface area contributed by atoms with Crippen molar-refractivity contribution in [3.05, 3.63) is 29.8 Å². The molecule has 0 amide bonds. The monoisotopic (exact) mass is 261 g/mol. The molecule has 1 atom stereocenters. The van der Waals surface area contributed by atoms with Gasteiger partial charge >= 0.3 is 0 Å². The molecule has 0 bridgehead atoms. The van der Waals surface area contributed by atoms with Gasteiger partial charge in [0.1, 0.15) is 0 Å². The molecule has 1 fully saturated rings. The maximum Gasteiger partial charge on any atom is 0.0426 e. The lowest BCUT2D eigenvalue weighted by Crippen LogP contribution is -2.35. The van der Waals surface area contributed by atoms with Crippen molar-refractivity contribution in [3.63, 3.8) is 0 Å². The van der Waals surface area contributed by atoms with Crippen molar-refractivity contribution < 1.29 is 0 Å². The van der Waals surface area contributed by atoms with Crippen LogP contribution in [0.15, 0.2) is 29.2 Å². The average Bonchev–Trinajstić information content (AvgIpc) is 2.81. The number of thioether (sulfide) groups is 1. The van der Waals surface area contributed by atoms with Crippen LogP contribution in [0.1, 0.15) is 50.6 Å². The van der Waals surface area contributed by atoms with E-state index in [9.17, 15) is 0 Å². The Morgan fingerprint density at radius 1 is 1.22 bits per heavy atom. The molecule has 1 aliphatic heterocycles. The Balaban J connectivity index is 1.61. The number of fused-ring (bicyclic) bond motifs is 1. The van der Waals surface area contributed by atoms with Gasteiger partial charge in [0.05, 0.1) is 0 Å². The minimum absolute atomic E-state index is 0.542. The summed E-state index contributed by atoms with van der Waals surface area (Å²) in [5.41, 5.74) is 2.06. The second kappa shape index (κ2) is 5.26. The average molecular weight is 261 g/mol. The first-order valence-corrected chi connectivity index (χ1v) is 8.21. The predicted molar refractivity (Wildman–Crippen MR) is 79.1 cm³/mol. The van der Waals surface area contributed by atoms with Crippen molar-refractivity contribution in [1.29, 1.82) is 0 Å². The zero-order valence-corrected chi connectivity index (χ0v) is 12.1. The van der Waals surface area contributed by atoms with Crippen LogP contribution in [0.2, 0.25) is 0 Å². The lowest BCUT2D eigenvalue weighted by Gasteiger charge is -2.35. The summed E-state index contributed by atoms with van der Waals surface area (Å²) in [6.45, 7) is 3.65. The van der Waals surface area contributed by atoms with Crippen LogP contribution in [0.3, 0.4) is 0 Å². The highest BCUT2D eigenvalue weighted by molar-refractivity contribution is 7.99. The Labute approximate surface area is 115 Å². The first kappa shape index (κ1) is 12.6. The van der Waals surface area contributed by atoms with E-state index in [4.69, 9.17) is 0 Å². The Morgan fingerprint density at radius 3 is 2.83 bits per heavy atom. The molecule has 1 saturated carbocycles. The van der Waals surface area contributed by atoms with Crippen molar-refractivity contribution in [2.75, 3.05) is 12.3 Å². The predicted octanol–water partition coefficient (Wildman–Crippen LogP) is 4.39. The van der Waals surface area contributed by atoms with Gasteiger partial charge in [-0.1, -0.05) is 44.4 Å². The van der Waals surface area contributed by atoms with Gasteiger partial charge in [-0.25, -0.2) is 0 Å². The minimum atomic E-state index is 0.542. The van der Waals surface area contributed by atoms with Gasteiger partial charge in [-0.05, 0) is 29.9 Å². The maximum absolute atomic E-state index is 3.83. The number of hydrogen-bond donors (Lipinski definition) is 1. The van der Waals surface area contributed by atoms with Crippen LogP contribution in [0.4, 0.5) is 0 Å². The van der Waals surface area contributed by atoms with Crippen LogP contribution in [0.25, 0.3) is 0 Å². The molecule has 1 aromatic carbocycles. The Morgan fingerprint density at radius 2 is 2.00 bits per heavy atom. The number of benzene rings is 1. The standard InChI is InChI=1S/C16H23NS/c1-16(9-5-2-6-10-16)12-17-14-11-18-15-8-4-3-7-13(14)15/h3-4,7-8,14,17H,2,5-6,9-12H2,1H3. The fourth-order valence-electron chi connectivity index (χ4n) is 3.28. The van der Waals surface area contributed by atoms with Gasteiger partial charge < -0.3 is 5.32 Å². The molecule has 1 N–H and O–H groups in total. The summed E-state index contributed by atoms with van der Waals surface area (Å²) in [6, 6.07) is 9.43. The Bertz CT molecular complexity index is 409. The van der Waals surface area contributed by atoms with Crippen LogP contribution in [-0.4, -0.2) is 12.3 Å². The molecule has 1 heterocycles. The minimum Gasteiger partial charge on any atom is -0.309 e. The van der Waals surface area contributed by atoms with Gasteiger partial charge in [-0.3, -0.25) is 0 Å². The lowest BCUT2D eigenvalue weighted by atomic mass is 9.75. The zero-order valence-electron chi connectivity index (χ0n) is 11.2. The van der Waals surface area contributed by atoms with Crippen LogP contribution in [0, 0.1) is 5.41 Å². The van der Waals surface area contributed by atoms with Crippen LogP contribution < -0.4 is 5.32 Å². The smallest absolute Gasteiger partial charge is 0.0426 e. The summed E-state index contributed by atoms with van der Waals surface area (Å²) < 4.78 is 0. The third-order valence-corrected chi connectivity index (χ3v) is 5.72. The molecule has 1 nitrogen and oxygen atoms in total. The second-order valence-corrected chi connectivity index (χ2v) is 7.22. The molecule has 98 valence electrons. The molecule has 0 spiro atoms. The topological polar surface area (TPSA) is 12.0 Å². The summed E-state index contributed by atoms with van der Waals surface area (Å²) in [5.74, 6) is 1.20. The van der Waals surface area contributed by atoms with Gasteiger partial charge in [0.25, 0.3) is 0 Å². The number of hydrogen-bond acceptors (Lipinski definition) is 2. The summed E-state index contributed by atoms with van der Waals surface area (Å²) in [6.07, 6.45) is 7.10. The van der Waals surface area contributed by atoms with Crippen molar-refractivity contribution in [2.45, 2.75) is 50.0 Å². The fraction of sp³-hybridized carbons (Fsp3) is 0.625. The zero-order chi connectivity index (χ0) is 12.4. The number of rotatable bonds is 3. The van der Waals surface area contributed by atoms with Crippen molar-refractivity contribution in [1.82, 2.24) is 5.32 Å². The molecule has 18 heavy (non-hydrogen) atoms. The third kappa shape index (κ3) is 2.60. The highest BCUT2D eigenvalue weighted by Crippen LogP contribution is 2.40. The van der Waals surface area contributed by atoms with Crippen molar-refractivity contribution in [2.24, 2.45) is 5.41 Å². The Kier molecular flexibility index (Phi) is 3.67. The molecule has 0 aromatic heterocycles. The number of nitrogens with one attached hydrogen (secondary N) is 1. The van der Waals surface area contributed by atoms with E-state index in [0.717, 1.165) is 0 Å². The van der Waals surface area contributed by atoms with E-state index in [1.54, 1.807) is 0 Å². The van der Waals surface area contributed by atoms with E-state index in [-0.39, 0.29) is 0 Å². The Hall–Kier alpha value is -0.470. The molecular formula is C16H23NS. The molecule has 0 radical (unpaired) electrons. The molecule has 1 unspecified atom stereocenters. The first-order valence-electron chi connectivity index (χ1n) is 7.22. The normalized spacial score (nSPS) is 25.9. The van der Waals surface area contributed by atoms with Crippen molar-refractivity contribution >= 4 is 11.8 Å². The SMILES string of the molecule is CC1(CNC2CSc3ccccc32)CCCCC1. The summed E-state index contributed by atoms with van der Waals surface area (Å²) in [7, 11) is 0. The van der Waals surface area contributed by atoms with Gasteiger partial charge in [0.2, 0.25) is 0 Å². The van der Waals surface area contributed by atoms with Gasteiger partial charge in [0, 0.05) is 23.2 Å². The quantitative estimate of drug-likeness (QED) is 0.866. The third-order valence-electron chi connectivity index (χ3n) is 4.54. The molecule has 3 rings (SSSR count). The summed E-state index contributed by atoms with van der Waals surface area (Å²) in [5, 5.41) is 3.83. The largest absolute Gasteiger partial charge is 0.309 e. The van der Waals surface area contributed by atoms with Crippen molar-refractivity contribution in [3.8, 4) is 0 Å². The second-order valence-electron chi connectivity index (χ2n) is 6.15. The molecule has 1 aliphatic carbocycles. The highest BCUT2D eigenvalue weighted by Gasteiger charge is 2.29. The van der Waals surface area contributed by atoms with Gasteiger partial charge in [-0.2, -0.15) is 0 Å². The molecule has 2 heteroatoms. The molecular weight excluding hydrogens is 238 g/mol. The molecule has 2 aliphatic rings. The fourth-order valence-corrected chi connectivity index (χ4v) is 4.48. The summed E-state index contributed by atoms with van der Waals surface area (Å²) in [4.78, 5) is 1.48. The summed E-state index contributed by atoms with van der Waals surface area (Å²) >= 11 is 2.00. The van der Waals surface area contributed by atoms with E-state index in [2.05, 4.69) is 36.5 Å². The molecule has 0 saturated heterocycles. The highest BCUT2D eigenvalue weighted by atomic mass is 32.2. The molecule has 1 aromatic rings. The lowest BCUT2D eigenvalue weighted by molar-refractivity contribution is 0.202.